The minimum absolute atomic E-state index is 0.382. The molecule has 86 valence electrons. The highest BCUT2D eigenvalue weighted by Crippen LogP contribution is 2.31. The zero-order valence-corrected chi connectivity index (χ0v) is 11.5. The third-order valence-corrected chi connectivity index (χ3v) is 3.62. The molecule has 1 aromatic heterocycles. The maximum atomic E-state index is 3.58. The van der Waals surface area contributed by atoms with Crippen LogP contribution in [-0.4, -0.2) is 11.5 Å². The Labute approximate surface area is 105 Å². The van der Waals surface area contributed by atoms with Gasteiger partial charge in [0.2, 0.25) is 0 Å². The van der Waals surface area contributed by atoms with Crippen LogP contribution in [0.25, 0.3) is 10.9 Å². The lowest BCUT2D eigenvalue weighted by Crippen LogP contribution is -2.18. The lowest BCUT2D eigenvalue weighted by Gasteiger charge is -2.12. The topological polar surface area (TPSA) is 27.8 Å². The normalized spacial score (nSPS) is 13.2. The van der Waals surface area contributed by atoms with Gasteiger partial charge in [-0.2, -0.15) is 0 Å². The van der Waals surface area contributed by atoms with Crippen molar-refractivity contribution in [3.05, 3.63) is 33.9 Å². The molecular formula is C13H17BrN2. The molecule has 2 aromatic rings. The fourth-order valence-corrected chi connectivity index (χ4v) is 2.76. The van der Waals surface area contributed by atoms with Crippen LogP contribution in [0.3, 0.4) is 0 Å². The number of halogens is 1. The SMILES string of the molecule is CCNC(C)c1c(C)[nH]c2c(Br)cccc12. The Hall–Kier alpha value is -0.800. The molecule has 1 unspecified atom stereocenters. The standard InChI is InChI=1S/C13H17BrN2/c1-4-15-8(2)12-9(3)16-13-10(12)6-5-7-11(13)14/h5-8,15-16H,4H2,1-3H3. The monoisotopic (exact) mass is 280 g/mol. The second kappa shape index (κ2) is 4.60. The average Bonchev–Trinajstić information content (AvgIpc) is 2.56. The summed E-state index contributed by atoms with van der Waals surface area (Å²) >= 11 is 3.58. The van der Waals surface area contributed by atoms with Crippen LogP contribution < -0.4 is 5.32 Å². The molecule has 2 N–H and O–H groups in total. The van der Waals surface area contributed by atoms with Crippen LogP contribution >= 0.6 is 15.9 Å². The number of nitrogens with one attached hydrogen (secondary N) is 2. The third-order valence-electron chi connectivity index (χ3n) is 2.96. The van der Waals surface area contributed by atoms with Crippen molar-refractivity contribution >= 4 is 26.8 Å². The van der Waals surface area contributed by atoms with Crippen LogP contribution in [0.5, 0.6) is 0 Å². The van der Waals surface area contributed by atoms with Gasteiger partial charge in [0.1, 0.15) is 0 Å². The van der Waals surface area contributed by atoms with E-state index in [0.717, 1.165) is 11.0 Å². The van der Waals surface area contributed by atoms with Crippen molar-refractivity contribution in [1.29, 1.82) is 0 Å². The van der Waals surface area contributed by atoms with E-state index in [1.165, 1.54) is 22.2 Å². The molecule has 0 saturated heterocycles. The number of rotatable bonds is 3. The predicted molar refractivity (Wildman–Crippen MR) is 72.8 cm³/mol. The maximum Gasteiger partial charge on any atom is 0.0603 e. The van der Waals surface area contributed by atoms with Gasteiger partial charge >= 0.3 is 0 Å². The van der Waals surface area contributed by atoms with E-state index in [4.69, 9.17) is 0 Å². The van der Waals surface area contributed by atoms with E-state index < -0.39 is 0 Å². The largest absolute Gasteiger partial charge is 0.357 e. The summed E-state index contributed by atoms with van der Waals surface area (Å²) in [6.07, 6.45) is 0. The molecule has 2 nitrogen and oxygen atoms in total. The second-order valence-electron chi connectivity index (χ2n) is 4.11. The Bertz CT molecular complexity index is 502. The highest BCUT2D eigenvalue weighted by Gasteiger charge is 2.14. The smallest absolute Gasteiger partial charge is 0.0603 e. The van der Waals surface area contributed by atoms with E-state index in [1.54, 1.807) is 0 Å². The zero-order chi connectivity index (χ0) is 11.7. The third kappa shape index (κ3) is 1.89. The molecule has 2 rings (SSSR count). The first-order valence-corrected chi connectivity index (χ1v) is 6.44. The quantitative estimate of drug-likeness (QED) is 0.877. The lowest BCUT2D eigenvalue weighted by molar-refractivity contribution is 0.599. The van der Waals surface area contributed by atoms with Crippen LogP contribution in [0.2, 0.25) is 0 Å². The molecule has 0 aliphatic carbocycles. The molecule has 0 fully saturated rings. The lowest BCUT2D eigenvalue weighted by atomic mass is 10.0. The van der Waals surface area contributed by atoms with Crippen molar-refractivity contribution < 1.29 is 0 Å². The van der Waals surface area contributed by atoms with Crippen molar-refractivity contribution in [3.63, 3.8) is 0 Å². The Balaban J connectivity index is 2.60. The first kappa shape index (κ1) is 11.7. The second-order valence-corrected chi connectivity index (χ2v) is 4.96. The van der Waals surface area contributed by atoms with Crippen LogP contribution in [-0.2, 0) is 0 Å². The Morgan fingerprint density at radius 3 is 2.88 bits per heavy atom. The van der Waals surface area contributed by atoms with E-state index in [1.807, 2.05) is 0 Å². The highest BCUT2D eigenvalue weighted by molar-refractivity contribution is 9.10. The van der Waals surface area contributed by atoms with E-state index in [0.29, 0.717) is 6.04 Å². The average molecular weight is 281 g/mol. The van der Waals surface area contributed by atoms with Crippen LogP contribution in [0.1, 0.15) is 31.1 Å². The first-order valence-electron chi connectivity index (χ1n) is 5.65. The summed E-state index contributed by atoms with van der Waals surface area (Å²) in [6.45, 7) is 7.47. The molecule has 1 atom stereocenters. The number of aromatic nitrogens is 1. The molecule has 0 radical (unpaired) electrons. The molecule has 3 heteroatoms. The van der Waals surface area contributed by atoms with Gasteiger partial charge in [-0.15, -0.1) is 0 Å². The maximum absolute atomic E-state index is 3.58. The Morgan fingerprint density at radius 1 is 1.44 bits per heavy atom. The molecule has 1 heterocycles. The number of H-pyrrole nitrogens is 1. The van der Waals surface area contributed by atoms with Crippen LogP contribution in [0, 0.1) is 6.92 Å². The molecule has 0 aliphatic heterocycles. The number of hydrogen-bond acceptors (Lipinski definition) is 1. The number of aromatic amines is 1. The van der Waals surface area contributed by atoms with Gasteiger partial charge in [0.05, 0.1) is 5.52 Å². The molecule has 0 amide bonds. The van der Waals surface area contributed by atoms with E-state index in [-0.39, 0.29) is 0 Å². The fraction of sp³-hybridized carbons (Fsp3) is 0.385. The van der Waals surface area contributed by atoms with Gasteiger partial charge in [-0.05, 0) is 48.0 Å². The van der Waals surface area contributed by atoms with Gasteiger partial charge in [-0.25, -0.2) is 0 Å². The van der Waals surface area contributed by atoms with Gasteiger partial charge in [0, 0.05) is 21.6 Å². The first-order chi connectivity index (χ1) is 7.65. The van der Waals surface area contributed by atoms with Crippen molar-refractivity contribution in [2.24, 2.45) is 0 Å². The minimum atomic E-state index is 0.382. The fourth-order valence-electron chi connectivity index (χ4n) is 2.30. The van der Waals surface area contributed by atoms with Gasteiger partial charge in [0.15, 0.2) is 0 Å². The van der Waals surface area contributed by atoms with Crippen molar-refractivity contribution in [2.45, 2.75) is 26.8 Å². The van der Waals surface area contributed by atoms with Gasteiger partial charge in [-0.3, -0.25) is 0 Å². The summed E-state index contributed by atoms with van der Waals surface area (Å²) in [7, 11) is 0. The van der Waals surface area contributed by atoms with Gasteiger partial charge in [0.25, 0.3) is 0 Å². The molecule has 0 spiro atoms. The van der Waals surface area contributed by atoms with Gasteiger partial charge in [-0.1, -0.05) is 19.1 Å². The molecule has 1 aromatic carbocycles. The van der Waals surface area contributed by atoms with Crippen molar-refractivity contribution in [1.82, 2.24) is 10.3 Å². The zero-order valence-electron chi connectivity index (χ0n) is 9.89. The molecule has 0 bridgehead atoms. The number of hydrogen-bond donors (Lipinski definition) is 2. The molecule has 16 heavy (non-hydrogen) atoms. The van der Waals surface area contributed by atoms with E-state index in [9.17, 15) is 0 Å². The summed E-state index contributed by atoms with van der Waals surface area (Å²) in [5, 5.41) is 4.77. The van der Waals surface area contributed by atoms with E-state index in [2.05, 4.69) is 65.2 Å². The minimum Gasteiger partial charge on any atom is -0.357 e. The van der Waals surface area contributed by atoms with Gasteiger partial charge < -0.3 is 10.3 Å². The van der Waals surface area contributed by atoms with Crippen molar-refractivity contribution in [3.8, 4) is 0 Å². The molecule has 0 aliphatic rings. The highest BCUT2D eigenvalue weighted by atomic mass is 79.9. The van der Waals surface area contributed by atoms with Crippen LogP contribution in [0.15, 0.2) is 22.7 Å². The number of fused-ring (bicyclic) bond motifs is 1. The number of benzene rings is 1. The summed E-state index contributed by atoms with van der Waals surface area (Å²) in [4.78, 5) is 3.45. The summed E-state index contributed by atoms with van der Waals surface area (Å²) < 4.78 is 1.13. The summed E-state index contributed by atoms with van der Waals surface area (Å²) in [6, 6.07) is 6.71. The number of aryl methyl sites for hydroxylation is 1. The molecule has 0 saturated carbocycles. The predicted octanol–water partition coefficient (Wildman–Crippen LogP) is 3.91. The Kier molecular flexibility index (Phi) is 3.36. The summed E-state index contributed by atoms with van der Waals surface area (Å²) in [5.74, 6) is 0. The van der Waals surface area contributed by atoms with Crippen LogP contribution in [0.4, 0.5) is 0 Å². The Morgan fingerprint density at radius 2 is 2.19 bits per heavy atom. The van der Waals surface area contributed by atoms with E-state index >= 15 is 0 Å². The van der Waals surface area contributed by atoms with Crippen molar-refractivity contribution in [2.75, 3.05) is 6.54 Å². The number of para-hydroxylation sites is 1. The molecular weight excluding hydrogens is 264 g/mol. The summed E-state index contributed by atoms with van der Waals surface area (Å²) in [5.41, 5.74) is 3.81.